The number of halogens is 2. The first kappa shape index (κ1) is 28.3. The molecule has 0 saturated carbocycles. The zero-order chi connectivity index (χ0) is 30.8. The number of ether oxygens (including phenoxy) is 1. The van der Waals surface area contributed by atoms with Crippen molar-refractivity contribution >= 4 is 52.6 Å². The molecule has 3 aliphatic carbocycles. The van der Waals surface area contributed by atoms with E-state index in [4.69, 9.17) is 27.9 Å². The van der Waals surface area contributed by atoms with Gasteiger partial charge in [0.2, 0.25) is 17.7 Å². The Bertz CT molecular complexity index is 1720. The van der Waals surface area contributed by atoms with Gasteiger partial charge in [0, 0.05) is 12.1 Å². The molecule has 1 N–H and O–H groups in total. The third-order valence-electron chi connectivity index (χ3n) is 9.08. The zero-order valence-electron chi connectivity index (χ0n) is 23.5. The van der Waals surface area contributed by atoms with Crippen LogP contribution in [0.2, 0.25) is 0 Å². The van der Waals surface area contributed by atoms with E-state index >= 15 is 0 Å². The topological polar surface area (TPSA) is 92.8 Å². The molecule has 8 rings (SSSR count). The van der Waals surface area contributed by atoms with Crippen LogP contribution in [0.1, 0.15) is 38.2 Å². The van der Waals surface area contributed by atoms with Crippen LogP contribution in [0.25, 0.3) is 0 Å². The number of hydrogen-bond donors (Lipinski definition) is 1. The van der Waals surface area contributed by atoms with E-state index in [-0.39, 0.29) is 6.42 Å². The van der Waals surface area contributed by atoms with Crippen LogP contribution in [0.5, 0.6) is 0 Å². The molecule has 2 bridgehead atoms. The van der Waals surface area contributed by atoms with Crippen LogP contribution in [0, 0.1) is 11.8 Å². The zero-order valence-corrected chi connectivity index (χ0v) is 25.0. The van der Waals surface area contributed by atoms with E-state index in [0.717, 1.165) is 10.5 Å². The summed E-state index contributed by atoms with van der Waals surface area (Å²) < 4.78 is 4.76. The molecule has 4 aromatic rings. The molecule has 0 unspecified atom stereocenters. The lowest BCUT2D eigenvalue weighted by atomic mass is 9.54. The Kier molecular flexibility index (Phi) is 6.64. The molecular formula is C35H26Cl2N2O5. The predicted molar refractivity (Wildman–Crippen MR) is 165 cm³/mol. The molecule has 220 valence electrons. The lowest BCUT2D eigenvalue weighted by Crippen LogP contribution is -2.57. The first-order valence-electron chi connectivity index (χ1n) is 14.2. The SMILES string of the molecule is COC(=O)c1ccc(NC(=O)[C@H](Cc2ccccc2)N2C(=O)[C@@H]3[C@H](C2=O)C2(Cl)c4ccccc4C3(Cl)c3ccccc32)cc1. The first-order chi connectivity index (χ1) is 21.2. The van der Waals surface area contributed by atoms with E-state index in [1.54, 1.807) is 12.1 Å². The summed E-state index contributed by atoms with van der Waals surface area (Å²) in [5.74, 6) is -4.20. The van der Waals surface area contributed by atoms with Crippen LogP contribution in [0.4, 0.5) is 5.69 Å². The summed E-state index contributed by atoms with van der Waals surface area (Å²) in [4.78, 5) is 53.5. The number of alkyl halides is 2. The second kappa shape index (κ2) is 10.3. The van der Waals surface area contributed by atoms with E-state index in [9.17, 15) is 19.2 Å². The van der Waals surface area contributed by atoms with E-state index in [2.05, 4.69) is 5.32 Å². The van der Waals surface area contributed by atoms with Crippen molar-refractivity contribution in [1.29, 1.82) is 0 Å². The van der Waals surface area contributed by atoms with Gasteiger partial charge in [0.25, 0.3) is 0 Å². The summed E-state index contributed by atoms with van der Waals surface area (Å²) in [7, 11) is 1.28. The van der Waals surface area contributed by atoms with Crippen LogP contribution in [-0.2, 0) is 35.3 Å². The summed E-state index contributed by atoms with van der Waals surface area (Å²) in [6.07, 6.45) is 0.0777. The molecule has 0 aromatic heterocycles. The number of nitrogens with one attached hydrogen (secondary N) is 1. The van der Waals surface area contributed by atoms with Gasteiger partial charge in [-0.3, -0.25) is 19.3 Å². The van der Waals surface area contributed by atoms with E-state index in [1.165, 1.54) is 19.2 Å². The molecular weight excluding hydrogens is 599 g/mol. The molecule has 3 amide bonds. The maximum atomic E-state index is 14.6. The summed E-state index contributed by atoms with van der Waals surface area (Å²) in [6, 6.07) is 29.0. The van der Waals surface area contributed by atoms with Gasteiger partial charge in [-0.2, -0.15) is 0 Å². The first-order valence-corrected chi connectivity index (χ1v) is 14.9. The number of carbonyl (C=O) groups excluding carboxylic acids is 4. The van der Waals surface area contributed by atoms with Gasteiger partial charge in [-0.05, 0) is 52.1 Å². The molecule has 1 aliphatic heterocycles. The molecule has 9 heteroatoms. The fourth-order valence-electron chi connectivity index (χ4n) is 7.17. The minimum Gasteiger partial charge on any atom is -0.465 e. The standard InChI is InChI=1S/C35H26Cl2N2O5/c1-44-33(43)21-15-17-22(18-16-21)38-30(40)27(19-20-9-3-2-4-10-20)39-31(41)28-29(32(39)42)35(37)24-12-6-5-11-23(24)34(28,36)25-13-7-8-14-26(25)35/h2-18,27-29H,19H2,1H3,(H,38,40)/t27-,28-,29+,34?,35?/m0/s1. The van der Waals surface area contributed by atoms with Crippen molar-refractivity contribution in [3.8, 4) is 0 Å². The number of rotatable bonds is 6. The third kappa shape index (κ3) is 3.89. The monoisotopic (exact) mass is 624 g/mol. The van der Waals surface area contributed by atoms with Crippen molar-refractivity contribution in [2.75, 3.05) is 12.4 Å². The van der Waals surface area contributed by atoms with Gasteiger partial charge in [0.15, 0.2) is 0 Å². The number of hydrogen-bond acceptors (Lipinski definition) is 5. The van der Waals surface area contributed by atoms with Gasteiger partial charge in [0.05, 0.1) is 24.5 Å². The number of carbonyl (C=O) groups is 4. The largest absolute Gasteiger partial charge is 0.465 e. The van der Waals surface area contributed by atoms with Crippen LogP contribution >= 0.6 is 23.2 Å². The molecule has 1 fully saturated rings. The quantitative estimate of drug-likeness (QED) is 0.171. The third-order valence-corrected chi connectivity index (χ3v) is 10.4. The average molecular weight is 626 g/mol. The lowest BCUT2D eigenvalue weighted by Gasteiger charge is -2.54. The minimum absolute atomic E-state index is 0.0777. The van der Waals surface area contributed by atoms with Crippen LogP contribution in [0.3, 0.4) is 0 Å². The van der Waals surface area contributed by atoms with Gasteiger partial charge in [0.1, 0.15) is 15.8 Å². The fourth-order valence-corrected chi connectivity index (χ4v) is 8.27. The number of likely N-dealkylation sites (tertiary alicyclic amines) is 1. The Hall–Kier alpha value is -4.46. The highest BCUT2D eigenvalue weighted by atomic mass is 35.5. The van der Waals surface area contributed by atoms with Crippen LogP contribution in [-0.4, -0.2) is 41.7 Å². The van der Waals surface area contributed by atoms with Crippen molar-refractivity contribution in [2.45, 2.75) is 22.2 Å². The number of anilines is 1. The normalized spacial score (nSPS) is 25.1. The smallest absolute Gasteiger partial charge is 0.337 e. The van der Waals surface area contributed by atoms with Gasteiger partial charge >= 0.3 is 5.97 Å². The van der Waals surface area contributed by atoms with Gasteiger partial charge in [-0.1, -0.05) is 78.9 Å². The fraction of sp³-hybridized carbons (Fsp3) is 0.200. The van der Waals surface area contributed by atoms with Gasteiger partial charge in [-0.25, -0.2) is 4.79 Å². The number of nitrogens with zero attached hydrogens (tertiary/aromatic N) is 1. The van der Waals surface area contributed by atoms with Gasteiger partial charge < -0.3 is 10.1 Å². The Labute approximate surface area is 263 Å². The van der Waals surface area contributed by atoms with E-state index in [1.807, 2.05) is 78.9 Å². The Morgan fingerprint density at radius 3 is 1.66 bits per heavy atom. The van der Waals surface area contributed by atoms with Crippen molar-refractivity contribution in [3.05, 3.63) is 137 Å². The summed E-state index contributed by atoms with van der Waals surface area (Å²) >= 11 is 15.2. The highest BCUT2D eigenvalue weighted by Gasteiger charge is 2.73. The second-order valence-electron chi connectivity index (χ2n) is 11.3. The second-order valence-corrected chi connectivity index (χ2v) is 12.5. The Morgan fingerprint density at radius 1 is 0.750 bits per heavy atom. The molecule has 44 heavy (non-hydrogen) atoms. The number of methoxy groups -OCH3 is 1. The van der Waals surface area contributed by atoms with Crippen molar-refractivity contribution < 1.29 is 23.9 Å². The molecule has 3 atom stereocenters. The maximum Gasteiger partial charge on any atom is 0.337 e. The van der Waals surface area contributed by atoms with Crippen molar-refractivity contribution in [1.82, 2.24) is 4.90 Å². The molecule has 4 aliphatic rings. The minimum atomic E-state index is -1.35. The number of imide groups is 1. The number of benzene rings is 4. The van der Waals surface area contributed by atoms with Crippen LogP contribution in [0.15, 0.2) is 103 Å². The van der Waals surface area contributed by atoms with E-state index < -0.39 is 51.3 Å². The maximum absolute atomic E-state index is 14.6. The molecule has 0 radical (unpaired) electrons. The molecule has 1 heterocycles. The van der Waals surface area contributed by atoms with Crippen molar-refractivity contribution in [3.63, 3.8) is 0 Å². The average Bonchev–Trinajstić information content (AvgIpc) is 3.33. The highest BCUT2D eigenvalue weighted by molar-refractivity contribution is 6.36. The number of amides is 3. The van der Waals surface area contributed by atoms with Crippen molar-refractivity contribution in [2.24, 2.45) is 11.8 Å². The molecule has 1 saturated heterocycles. The van der Waals surface area contributed by atoms with Gasteiger partial charge in [-0.15, -0.1) is 23.2 Å². The summed E-state index contributed by atoms with van der Waals surface area (Å²) in [5.41, 5.74) is 4.22. The summed E-state index contributed by atoms with van der Waals surface area (Å²) in [6.45, 7) is 0. The Balaban J connectivity index is 1.32. The molecule has 7 nitrogen and oxygen atoms in total. The predicted octanol–water partition coefficient (Wildman–Crippen LogP) is 5.62. The van der Waals surface area contributed by atoms with E-state index in [0.29, 0.717) is 33.5 Å². The number of esters is 1. The molecule has 4 aromatic carbocycles. The molecule has 0 spiro atoms. The van der Waals surface area contributed by atoms with Crippen LogP contribution < -0.4 is 5.32 Å². The lowest BCUT2D eigenvalue weighted by molar-refractivity contribution is -0.146. The highest BCUT2D eigenvalue weighted by Crippen LogP contribution is 2.69. The Morgan fingerprint density at radius 2 is 1.20 bits per heavy atom. The summed E-state index contributed by atoms with van der Waals surface area (Å²) in [5, 5.41) is 2.83.